The fraction of sp³-hybridized carbons (Fsp3) is 0.190. The van der Waals surface area contributed by atoms with Crippen molar-refractivity contribution in [2.45, 2.75) is 20.3 Å². The Balaban J connectivity index is 2.14. The Kier molecular flexibility index (Phi) is 4.06. The second-order valence-electron chi connectivity index (χ2n) is 6.16. The van der Waals surface area contributed by atoms with Crippen LogP contribution >= 0.6 is 11.3 Å². The molecule has 0 aliphatic rings. The third kappa shape index (κ3) is 2.63. The largest absolute Gasteiger partial charge is 0.491 e. The number of benzene rings is 2. The van der Waals surface area contributed by atoms with Crippen LogP contribution in [0.15, 0.2) is 52.0 Å². The van der Waals surface area contributed by atoms with Crippen LogP contribution in [0.2, 0.25) is 0 Å². The quantitative estimate of drug-likeness (QED) is 0.494. The summed E-state index contributed by atoms with van der Waals surface area (Å²) in [4.78, 5) is 16.9. The number of fused-ring (bicyclic) bond motifs is 3. The lowest BCUT2D eigenvalue weighted by Crippen LogP contribution is -2.11. The lowest BCUT2D eigenvalue weighted by Gasteiger charge is -2.14. The van der Waals surface area contributed by atoms with Crippen molar-refractivity contribution in [3.05, 3.63) is 63.1 Å². The number of thiophene rings is 1. The molecule has 2 heterocycles. The molecule has 2 aromatic heterocycles. The summed E-state index contributed by atoms with van der Waals surface area (Å²) < 4.78 is 5.95. The minimum atomic E-state index is 0.0581. The highest BCUT2D eigenvalue weighted by atomic mass is 32.1. The van der Waals surface area contributed by atoms with Crippen LogP contribution in [-0.2, 0) is 0 Å². The lowest BCUT2D eigenvalue weighted by atomic mass is 9.99. The first-order valence-electron chi connectivity index (χ1n) is 8.44. The molecule has 0 atom stereocenters. The molecule has 25 heavy (non-hydrogen) atoms. The molecule has 0 spiro atoms. The van der Waals surface area contributed by atoms with Gasteiger partial charge in [-0.2, -0.15) is 11.3 Å². The van der Waals surface area contributed by atoms with Gasteiger partial charge >= 0.3 is 0 Å². The van der Waals surface area contributed by atoms with Gasteiger partial charge in [0.2, 0.25) is 0 Å². The zero-order chi connectivity index (χ0) is 17.4. The van der Waals surface area contributed by atoms with Gasteiger partial charge in [-0.05, 0) is 52.6 Å². The number of ether oxygens (including phenoxy) is 1. The Morgan fingerprint density at radius 3 is 2.80 bits per heavy atom. The highest BCUT2D eigenvalue weighted by Crippen LogP contribution is 2.33. The maximum atomic E-state index is 13.4. The maximum absolute atomic E-state index is 13.4. The molecule has 0 unspecified atom stereocenters. The molecule has 0 aliphatic heterocycles. The van der Waals surface area contributed by atoms with Crippen LogP contribution in [0.5, 0.6) is 5.75 Å². The number of rotatable bonds is 4. The molecule has 0 bridgehead atoms. The standard InChI is InChI=1S/C21H19NO2S/c1-3-9-24-17-11-14-6-4-5-7-16(14)19-20(17)22-13(2)18(21(19)23)15-8-10-25-12-15/h4-8,10-12H,3,9H2,1-2H3,(H,22,23). The van der Waals surface area contributed by atoms with E-state index in [1.54, 1.807) is 11.3 Å². The number of nitrogens with one attached hydrogen (secondary N) is 1. The van der Waals surface area contributed by atoms with Crippen molar-refractivity contribution in [3.63, 3.8) is 0 Å². The van der Waals surface area contributed by atoms with E-state index >= 15 is 0 Å². The van der Waals surface area contributed by atoms with E-state index in [0.29, 0.717) is 12.0 Å². The Morgan fingerprint density at radius 1 is 1.20 bits per heavy atom. The molecule has 126 valence electrons. The summed E-state index contributed by atoms with van der Waals surface area (Å²) in [5.41, 5.74) is 3.42. The van der Waals surface area contributed by atoms with E-state index in [4.69, 9.17) is 4.74 Å². The highest BCUT2D eigenvalue weighted by molar-refractivity contribution is 7.08. The molecule has 0 amide bonds. The number of pyridine rings is 1. The molecule has 0 radical (unpaired) electrons. The van der Waals surface area contributed by atoms with Crippen LogP contribution in [0.4, 0.5) is 0 Å². The molecule has 1 N–H and O–H groups in total. The molecule has 4 aromatic rings. The van der Waals surface area contributed by atoms with Crippen LogP contribution in [-0.4, -0.2) is 11.6 Å². The van der Waals surface area contributed by atoms with E-state index in [2.05, 4.69) is 11.9 Å². The average Bonchev–Trinajstić information content (AvgIpc) is 3.13. The molecule has 0 saturated carbocycles. The van der Waals surface area contributed by atoms with Gasteiger partial charge < -0.3 is 9.72 Å². The van der Waals surface area contributed by atoms with Crippen molar-refractivity contribution in [3.8, 4) is 16.9 Å². The van der Waals surface area contributed by atoms with Gasteiger partial charge in [0.05, 0.1) is 17.5 Å². The molecular weight excluding hydrogens is 330 g/mol. The van der Waals surface area contributed by atoms with Crippen molar-refractivity contribution in [1.82, 2.24) is 4.98 Å². The predicted molar refractivity (Wildman–Crippen MR) is 106 cm³/mol. The van der Waals surface area contributed by atoms with Crippen molar-refractivity contribution in [2.75, 3.05) is 6.61 Å². The lowest BCUT2D eigenvalue weighted by molar-refractivity contribution is 0.321. The minimum Gasteiger partial charge on any atom is -0.491 e. The molecule has 4 heteroatoms. The Morgan fingerprint density at radius 2 is 2.04 bits per heavy atom. The van der Waals surface area contributed by atoms with E-state index in [1.807, 2.05) is 54.1 Å². The molecule has 0 saturated heterocycles. The van der Waals surface area contributed by atoms with Gasteiger partial charge in [0, 0.05) is 11.3 Å². The summed E-state index contributed by atoms with van der Waals surface area (Å²) in [5, 5.41) is 6.70. The average molecular weight is 349 g/mol. The van der Waals surface area contributed by atoms with Gasteiger partial charge in [-0.1, -0.05) is 31.2 Å². The van der Waals surface area contributed by atoms with Crippen molar-refractivity contribution >= 4 is 33.0 Å². The number of hydrogen-bond donors (Lipinski definition) is 1. The second kappa shape index (κ2) is 6.37. The first-order valence-corrected chi connectivity index (χ1v) is 9.38. The first-order chi connectivity index (χ1) is 12.2. The molecular formula is C21H19NO2S. The molecule has 3 nitrogen and oxygen atoms in total. The normalized spacial score (nSPS) is 11.3. The Bertz CT molecular complexity index is 1110. The van der Waals surface area contributed by atoms with E-state index in [9.17, 15) is 4.79 Å². The monoisotopic (exact) mass is 349 g/mol. The van der Waals surface area contributed by atoms with Gasteiger partial charge in [0.25, 0.3) is 0 Å². The second-order valence-corrected chi connectivity index (χ2v) is 6.94. The van der Waals surface area contributed by atoms with Gasteiger partial charge in [-0.15, -0.1) is 0 Å². The van der Waals surface area contributed by atoms with Crippen LogP contribution in [0.1, 0.15) is 19.0 Å². The molecule has 4 rings (SSSR count). The van der Waals surface area contributed by atoms with Crippen LogP contribution < -0.4 is 10.2 Å². The number of aromatic amines is 1. The highest BCUT2D eigenvalue weighted by Gasteiger charge is 2.17. The fourth-order valence-corrected chi connectivity index (χ4v) is 3.95. The van der Waals surface area contributed by atoms with Gasteiger partial charge in [0.15, 0.2) is 5.43 Å². The van der Waals surface area contributed by atoms with Crippen molar-refractivity contribution < 1.29 is 4.74 Å². The summed E-state index contributed by atoms with van der Waals surface area (Å²) in [6.45, 7) is 4.65. The Hall–Kier alpha value is -2.59. The summed E-state index contributed by atoms with van der Waals surface area (Å²) in [5.74, 6) is 0.743. The van der Waals surface area contributed by atoms with E-state index in [0.717, 1.165) is 45.3 Å². The van der Waals surface area contributed by atoms with Gasteiger partial charge in [0.1, 0.15) is 5.75 Å². The molecule has 0 aliphatic carbocycles. The first kappa shape index (κ1) is 15.9. The maximum Gasteiger partial charge on any atom is 0.198 e. The summed E-state index contributed by atoms with van der Waals surface area (Å²) in [7, 11) is 0. The smallest absolute Gasteiger partial charge is 0.198 e. The third-order valence-electron chi connectivity index (χ3n) is 4.43. The van der Waals surface area contributed by atoms with Crippen molar-refractivity contribution in [1.29, 1.82) is 0 Å². The number of aromatic nitrogens is 1. The van der Waals surface area contributed by atoms with E-state index in [-0.39, 0.29) is 5.43 Å². The molecule has 2 aromatic carbocycles. The zero-order valence-corrected chi connectivity index (χ0v) is 15.1. The predicted octanol–water partition coefficient (Wildman–Crippen LogP) is 5.51. The van der Waals surface area contributed by atoms with E-state index < -0.39 is 0 Å². The van der Waals surface area contributed by atoms with Gasteiger partial charge in [-0.3, -0.25) is 4.79 Å². The topological polar surface area (TPSA) is 42.1 Å². The van der Waals surface area contributed by atoms with Crippen LogP contribution in [0.25, 0.3) is 32.8 Å². The molecule has 0 fully saturated rings. The van der Waals surface area contributed by atoms with Crippen molar-refractivity contribution in [2.24, 2.45) is 0 Å². The number of hydrogen-bond acceptors (Lipinski definition) is 3. The summed E-state index contributed by atoms with van der Waals surface area (Å²) in [6.07, 6.45) is 0.921. The third-order valence-corrected chi connectivity index (χ3v) is 5.11. The fourth-order valence-electron chi connectivity index (χ4n) is 3.31. The summed E-state index contributed by atoms with van der Waals surface area (Å²) in [6, 6.07) is 12.0. The summed E-state index contributed by atoms with van der Waals surface area (Å²) >= 11 is 1.60. The number of H-pyrrole nitrogens is 1. The SMILES string of the molecule is CCCOc1cc2ccccc2c2c(=O)c(-c3ccsc3)c(C)[nH]c12. The zero-order valence-electron chi connectivity index (χ0n) is 14.3. The van der Waals surface area contributed by atoms with Crippen LogP contribution in [0, 0.1) is 6.92 Å². The van der Waals surface area contributed by atoms with Gasteiger partial charge in [-0.25, -0.2) is 0 Å². The van der Waals surface area contributed by atoms with Crippen LogP contribution in [0.3, 0.4) is 0 Å². The number of aryl methyl sites for hydroxylation is 1. The van der Waals surface area contributed by atoms with E-state index in [1.165, 1.54) is 0 Å². The minimum absolute atomic E-state index is 0.0581. The Labute approximate surface area is 149 Å².